The Morgan fingerprint density at radius 3 is 2.29 bits per heavy atom. The second-order valence-electron chi connectivity index (χ2n) is 4.16. The molecule has 1 aliphatic rings. The van der Waals surface area contributed by atoms with Gasteiger partial charge in [-0.2, -0.15) is 0 Å². The molecule has 2 N–H and O–H groups in total. The Morgan fingerprint density at radius 2 is 1.93 bits per heavy atom. The van der Waals surface area contributed by atoms with Gasteiger partial charge in [0.1, 0.15) is 0 Å². The first-order valence-electron chi connectivity index (χ1n) is 5.14. The van der Waals surface area contributed by atoms with Crippen molar-refractivity contribution in [3.05, 3.63) is 0 Å². The molecule has 1 rings (SSSR count). The fourth-order valence-corrected chi connectivity index (χ4v) is 1.75. The minimum atomic E-state index is 0. The normalized spacial score (nSPS) is 18.1. The van der Waals surface area contributed by atoms with E-state index in [4.69, 9.17) is 5.73 Å². The van der Waals surface area contributed by atoms with E-state index in [0.29, 0.717) is 5.92 Å². The van der Waals surface area contributed by atoms with E-state index in [2.05, 4.69) is 0 Å². The summed E-state index contributed by atoms with van der Waals surface area (Å²) >= 11 is 0. The number of amides is 1. The first-order chi connectivity index (χ1) is 6.15. The molecule has 0 aliphatic carbocycles. The fourth-order valence-electron chi connectivity index (χ4n) is 1.75. The Labute approximate surface area is 92.4 Å². The van der Waals surface area contributed by atoms with Gasteiger partial charge in [0.05, 0.1) is 0 Å². The summed E-state index contributed by atoms with van der Waals surface area (Å²) in [4.78, 5) is 13.6. The van der Waals surface area contributed by atoms with Crippen LogP contribution in [0.1, 0.15) is 26.7 Å². The number of halogens is 1. The van der Waals surface area contributed by atoms with Crippen molar-refractivity contribution < 1.29 is 4.79 Å². The highest BCUT2D eigenvalue weighted by Crippen LogP contribution is 2.17. The Balaban J connectivity index is 0.00000169. The van der Waals surface area contributed by atoms with Crippen LogP contribution in [0.15, 0.2) is 0 Å². The molecule has 0 spiro atoms. The lowest BCUT2D eigenvalue weighted by Crippen LogP contribution is -2.41. The van der Waals surface area contributed by atoms with E-state index < -0.39 is 0 Å². The largest absolute Gasteiger partial charge is 0.342 e. The molecule has 0 aromatic heterocycles. The van der Waals surface area contributed by atoms with Crippen molar-refractivity contribution in [3.8, 4) is 0 Å². The summed E-state index contributed by atoms with van der Waals surface area (Å²) in [5, 5.41) is 0. The molecule has 1 aliphatic heterocycles. The summed E-state index contributed by atoms with van der Waals surface area (Å²) in [7, 11) is 0. The summed E-state index contributed by atoms with van der Waals surface area (Å²) in [5.74, 6) is 1.06. The zero-order valence-corrected chi connectivity index (χ0v) is 9.85. The van der Waals surface area contributed by atoms with Gasteiger partial charge in [0.15, 0.2) is 0 Å². The molecule has 1 amide bonds. The highest BCUT2D eigenvalue weighted by molar-refractivity contribution is 5.85. The van der Waals surface area contributed by atoms with Crippen LogP contribution in [-0.4, -0.2) is 30.4 Å². The van der Waals surface area contributed by atoms with Crippen LogP contribution in [0, 0.1) is 11.8 Å². The number of nitrogens with two attached hydrogens (primary N) is 1. The average molecular weight is 221 g/mol. The average Bonchev–Trinajstić information content (AvgIpc) is 2.17. The van der Waals surface area contributed by atoms with Gasteiger partial charge in [0, 0.05) is 19.0 Å². The quantitative estimate of drug-likeness (QED) is 0.762. The molecule has 0 aromatic rings. The molecule has 14 heavy (non-hydrogen) atoms. The maximum Gasteiger partial charge on any atom is 0.225 e. The van der Waals surface area contributed by atoms with Crippen LogP contribution in [0.4, 0.5) is 0 Å². The van der Waals surface area contributed by atoms with Crippen molar-refractivity contribution in [1.82, 2.24) is 4.90 Å². The van der Waals surface area contributed by atoms with E-state index in [1.807, 2.05) is 18.7 Å². The molecule has 0 aromatic carbocycles. The van der Waals surface area contributed by atoms with E-state index in [9.17, 15) is 4.79 Å². The van der Waals surface area contributed by atoms with Gasteiger partial charge in [-0.05, 0) is 25.3 Å². The molecule has 84 valence electrons. The molecule has 0 saturated carbocycles. The van der Waals surface area contributed by atoms with Gasteiger partial charge >= 0.3 is 0 Å². The highest BCUT2D eigenvalue weighted by atomic mass is 35.5. The molecule has 0 unspecified atom stereocenters. The number of likely N-dealkylation sites (tertiary alicyclic amines) is 1. The summed E-state index contributed by atoms with van der Waals surface area (Å²) in [5.41, 5.74) is 5.58. The van der Waals surface area contributed by atoms with Gasteiger partial charge in [0.2, 0.25) is 5.91 Å². The summed E-state index contributed by atoms with van der Waals surface area (Å²) in [6.45, 7) is 6.48. The predicted molar refractivity (Wildman–Crippen MR) is 60.4 cm³/mol. The monoisotopic (exact) mass is 220 g/mol. The molecule has 1 saturated heterocycles. The van der Waals surface area contributed by atoms with Crippen molar-refractivity contribution in [2.45, 2.75) is 26.7 Å². The third-order valence-corrected chi connectivity index (χ3v) is 2.75. The summed E-state index contributed by atoms with van der Waals surface area (Å²) < 4.78 is 0. The Morgan fingerprint density at radius 1 is 1.43 bits per heavy atom. The number of hydrogen-bond donors (Lipinski definition) is 1. The van der Waals surface area contributed by atoms with E-state index in [0.717, 1.165) is 32.5 Å². The number of hydrogen-bond acceptors (Lipinski definition) is 2. The first-order valence-corrected chi connectivity index (χ1v) is 5.14. The lowest BCUT2D eigenvalue weighted by atomic mass is 9.96. The number of carbonyl (C=O) groups excluding carboxylic acids is 1. The van der Waals surface area contributed by atoms with Crippen LogP contribution in [0.25, 0.3) is 0 Å². The van der Waals surface area contributed by atoms with Gasteiger partial charge in [-0.15, -0.1) is 12.4 Å². The van der Waals surface area contributed by atoms with Crippen LogP contribution in [0.3, 0.4) is 0 Å². The predicted octanol–water partition coefficient (Wildman–Crippen LogP) is 1.26. The number of piperidine rings is 1. The zero-order chi connectivity index (χ0) is 9.84. The molecular weight excluding hydrogens is 200 g/mol. The second kappa shape index (κ2) is 6.25. The minimum Gasteiger partial charge on any atom is -0.342 e. The minimum absolute atomic E-state index is 0. The van der Waals surface area contributed by atoms with Crippen molar-refractivity contribution >= 4 is 18.3 Å². The van der Waals surface area contributed by atoms with Crippen molar-refractivity contribution in [3.63, 3.8) is 0 Å². The van der Waals surface area contributed by atoms with Gasteiger partial charge in [-0.1, -0.05) is 13.8 Å². The lowest BCUT2D eigenvalue weighted by Gasteiger charge is -2.32. The number of nitrogens with zero attached hydrogens (tertiary/aromatic N) is 1. The molecular formula is C10H21ClN2O. The third kappa shape index (κ3) is 3.46. The van der Waals surface area contributed by atoms with Crippen molar-refractivity contribution in [2.75, 3.05) is 19.6 Å². The number of carbonyl (C=O) groups is 1. The molecule has 0 radical (unpaired) electrons. The zero-order valence-electron chi connectivity index (χ0n) is 9.03. The van der Waals surface area contributed by atoms with E-state index in [-0.39, 0.29) is 24.2 Å². The topological polar surface area (TPSA) is 46.3 Å². The van der Waals surface area contributed by atoms with Gasteiger partial charge in [-0.25, -0.2) is 0 Å². The standard InChI is InChI=1S/C10H20N2O.ClH/c1-8(2)10(13)12-5-3-9(7-11)4-6-12;/h8-9H,3-7,11H2,1-2H3;1H. The van der Waals surface area contributed by atoms with Crippen molar-refractivity contribution in [1.29, 1.82) is 0 Å². The highest BCUT2D eigenvalue weighted by Gasteiger charge is 2.23. The van der Waals surface area contributed by atoms with Crippen LogP contribution >= 0.6 is 12.4 Å². The maximum atomic E-state index is 11.6. The smallest absolute Gasteiger partial charge is 0.225 e. The molecule has 3 nitrogen and oxygen atoms in total. The van der Waals surface area contributed by atoms with E-state index in [1.54, 1.807) is 0 Å². The summed E-state index contributed by atoms with van der Waals surface area (Å²) in [6.07, 6.45) is 2.16. The molecule has 1 heterocycles. The molecule has 4 heteroatoms. The van der Waals surface area contributed by atoms with E-state index in [1.165, 1.54) is 0 Å². The van der Waals surface area contributed by atoms with Gasteiger partial charge in [0.25, 0.3) is 0 Å². The van der Waals surface area contributed by atoms with Crippen LogP contribution in [-0.2, 0) is 4.79 Å². The summed E-state index contributed by atoms with van der Waals surface area (Å²) in [6, 6.07) is 0. The SMILES string of the molecule is CC(C)C(=O)N1CCC(CN)CC1.Cl. The van der Waals surface area contributed by atoms with Crippen molar-refractivity contribution in [2.24, 2.45) is 17.6 Å². The Kier molecular flexibility index (Phi) is 6.12. The lowest BCUT2D eigenvalue weighted by molar-refractivity contribution is -0.135. The fraction of sp³-hybridized carbons (Fsp3) is 0.900. The number of rotatable bonds is 2. The molecule has 1 fully saturated rings. The van der Waals surface area contributed by atoms with Crippen LogP contribution < -0.4 is 5.73 Å². The first kappa shape index (κ1) is 13.7. The van der Waals surface area contributed by atoms with Gasteiger partial charge < -0.3 is 10.6 Å². The van der Waals surface area contributed by atoms with Crippen LogP contribution in [0.2, 0.25) is 0 Å². The third-order valence-electron chi connectivity index (χ3n) is 2.75. The molecule has 0 bridgehead atoms. The van der Waals surface area contributed by atoms with Crippen LogP contribution in [0.5, 0.6) is 0 Å². The maximum absolute atomic E-state index is 11.6. The van der Waals surface area contributed by atoms with E-state index >= 15 is 0 Å². The van der Waals surface area contributed by atoms with Gasteiger partial charge in [-0.3, -0.25) is 4.79 Å². The second-order valence-corrected chi connectivity index (χ2v) is 4.16. The Hall–Kier alpha value is -0.280. The Bertz CT molecular complexity index is 177. The molecule has 0 atom stereocenters.